The Morgan fingerprint density at radius 3 is 2.68 bits per heavy atom. The van der Waals surface area contributed by atoms with Crippen molar-refractivity contribution in [1.29, 1.82) is 0 Å². The van der Waals surface area contributed by atoms with Crippen molar-refractivity contribution in [1.82, 2.24) is 10.2 Å². The van der Waals surface area contributed by atoms with Gasteiger partial charge in [0.05, 0.1) is 5.92 Å². The van der Waals surface area contributed by atoms with Gasteiger partial charge in [0, 0.05) is 30.4 Å². The van der Waals surface area contributed by atoms with Gasteiger partial charge >= 0.3 is 6.09 Å². The van der Waals surface area contributed by atoms with Crippen molar-refractivity contribution in [2.24, 2.45) is 5.92 Å². The molecule has 2 bridgehead atoms. The van der Waals surface area contributed by atoms with Gasteiger partial charge in [0.1, 0.15) is 5.60 Å². The zero-order valence-corrected chi connectivity index (χ0v) is 17.6. The summed E-state index contributed by atoms with van der Waals surface area (Å²) in [5.74, 6) is -0.119. The summed E-state index contributed by atoms with van der Waals surface area (Å²) in [4.78, 5) is 27.2. The number of nitrogens with zero attached hydrogens (tertiary/aromatic N) is 1. The van der Waals surface area contributed by atoms with E-state index in [-0.39, 0.29) is 30.0 Å². The maximum atomic E-state index is 12.8. The Balaban J connectivity index is 1.58. The molecule has 1 aromatic rings. The minimum atomic E-state index is -0.522. The lowest BCUT2D eigenvalue weighted by Gasteiger charge is -2.28. The molecule has 3 atom stereocenters. The van der Waals surface area contributed by atoms with Crippen molar-refractivity contribution in [2.75, 3.05) is 5.32 Å². The Bertz CT molecular complexity index is 726. The van der Waals surface area contributed by atoms with E-state index < -0.39 is 5.60 Å². The first kappa shape index (κ1) is 20.5. The van der Waals surface area contributed by atoms with Gasteiger partial charge in [-0.3, -0.25) is 4.79 Å². The van der Waals surface area contributed by atoms with Crippen LogP contribution < -0.4 is 10.6 Å². The highest BCUT2D eigenvalue weighted by molar-refractivity contribution is 5.82. The summed E-state index contributed by atoms with van der Waals surface area (Å²) in [6, 6.07) is 8.53. The van der Waals surface area contributed by atoms with E-state index in [1.807, 2.05) is 43.9 Å². The van der Waals surface area contributed by atoms with Crippen LogP contribution in [0.5, 0.6) is 0 Å². The highest BCUT2D eigenvalue weighted by Gasteiger charge is 2.52. The predicted octanol–water partition coefficient (Wildman–Crippen LogP) is 3.91. The summed E-state index contributed by atoms with van der Waals surface area (Å²) in [6.07, 6.45) is 2.26. The number of fused-ring (bicyclic) bond motifs is 2. The minimum Gasteiger partial charge on any atom is -0.444 e. The highest BCUT2D eigenvalue weighted by Crippen LogP contribution is 2.42. The number of carbonyl (C=O) groups excluding carboxylic acids is 2. The van der Waals surface area contributed by atoms with Crippen molar-refractivity contribution in [3.8, 4) is 0 Å². The van der Waals surface area contributed by atoms with E-state index >= 15 is 0 Å². The number of carbonyl (C=O) groups is 2. The topological polar surface area (TPSA) is 70.7 Å². The molecule has 154 valence electrons. The van der Waals surface area contributed by atoms with Gasteiger partial charge in [-0.05, 0) is 71.6 Å². The Hall–Kier alpha value is -2.24. The number of amides is 2. The third-order valence-electron chi connectivity index (χ3n) is 5.33. The maximum absolute atomic E-state index is 12.8. The fourth-order valence-corrected chi connectivity index (χ4v) is 4.29. The number of anilines is 1. The van der Waals surface area contributed by atoms with E-state index in [9.17, 15) is 9.59 Å². The SMILES string of the molecule is CC(C)Nc1cccc(CNC(=O)C2CC3CCC2N3C(=O)OC(C)(C)C)c1. The molecule has 6 heteroatoms. The van der Waals surface area contributed by atoms with Crippen LogP contribution in [-0.4, -0.2) is 40.6 Å². The molecular formula is C22H33N3O3. The molecule has 0 aromatic heterocycles. The van der Waals surface area contributed by atoms with Gasteiger partial charge in [-0.1, -0.05) is 12.1 Å². The number of benzene rings is 1. The fraction of sp³-hybridized carbons (Fsp3) is 0.636. The summed E-state index contributed by atoms with van der Waals surface area (Å²) >= 11 is 0. The molecule has 2 heterocycles. The number of nitrogens with one attached hydrogen (secondary N) is 2. The molecule has 0 saturated carbocycles. The molecule has 2 aliphatic rings. The van der Waals surface area contributed by atoms with Gasteiger partial charge in [0.15, 0.2) is 0 Å². The monoisotopic (exact) mass is 387 g/mol. The maximum Gasteiger partial charge on any atom is 0.410 e. The summed E-state index contributed by atoms with van der Waals surface area (Å²) in [5, 5.41) is 6.44. The lowest BCUT2D eigenvalue weighted by Crippen LogP contribution is -2.43. The second-order valence-electron chi connectivity index (χ2n) is 9.25. The summed E-state index contributed by atoms with van der Waals surface area (Å²) in [7, 11) is 0. The van der Waals surface area contributed by atoms with Crippen LogP contribution in [0.15, 0.2) is 24.3 Å². The minimum absolute atomic E-state index is 0.0305. The standard InChI is InChI=1S/C22H33N3O3/c1-14(2)24-16-8-6-7-15(11-16)13-23-20(26)18-12-17-9-10-19(18)25(17)21(27)28-22(3,4)5/h6-8,11,14,17-19,24H,9-10,12-13H2,1-5H3,(H,23,26). The molecule has 3 rings (SSSR count). The predicted molar refractivity (Wildman–Crippen MR) is 110 cm³/mol. The van der Waals surface area contributed by atoms with E-state index in [2.05, 4.69) is 30.5 Å². The Kier molecular flexibility index (Phi) is 5.87. The molecule has 2 N–H and O–H groups in total. The fourth-order valence-electron chi connectivity index (χ4n) is 4.29. The van der Waals surface area contributed by atoms with Crippen LogP contribution in [0.1, 0.15) is 59.4 Å². The lowest BCUT2D eigenvalue weighted by atomic mass is 9.88. The normalized spacial score (nSPS) is 23.8. The summed E-state index contributed by atoms with van der Waals surface area (Å²) in [6.45, 7) is 10.3. The van der Waals surface area contributed by atoms with Crippen molar-refractivity contribution < 1.29 is 14.3 Å². The quantitative estimate of drug-likeness (QED) is 0.804. The van der Waals surface area contributed by atoms with E-state index in [1.165, 1.54) is 0 Å². The Labute approximate surface area is 168 Å². The van der Waals surface area contributed by atoms with Gasteiger partial charge in [-0.15, -0.1) is 0 Å². The molecule has 1 aromatic carbocycles. The van der Waals surface area contributed by atoms with Crippen molar-refractivity contribution in [2.45, 2.75) is 84.2 Å². The highest BCUT2D eigenvalue weighted by atomic mass is 16.6. The molecule has 3 unspecified atom stereocenters. The van der Waals surface area contributed by atoms with Crippen LogP contribution in [-0.2, 0) is 16.1 Å². The zero-order valence-electron chi connectivity index (χ0n) is 17.6. The largest absolute Gasteiger partial charge is 0.444 e. The molecular weight excluding hydrogens is 354 g/mol. The van der Waals surface area contributed by atoms with Crippen LogP contribution >= 0.6 is 0 Å². The molecule has 2 saturated heterocycles. The third-order valence-corrected chi connectivity index (χ3v) is 5.33. The first-order valence-corrected chi connectivity index (χ1v) is 10.3. The molecule has 2 amide bonds. The number of ether oxygens (including phenoxy) is 1. The second kappa shape index (κ2) is 8.02. The molecule has 0 aliphatic carbocycles. The second-order valence-corrected chi connectivity index (χ2v) is 9.25. The number of hydrogen-bond acceptors (Lipinski definition) is 4. The Morgan fingerprint density at radius 2 is 2.00 bits per heavy atom. The van der Waals surface area contributed by atoms with E-state index in [0.29, 0.717) is 12.6 Å². The summed E-state index contributed by atoms with van der Waals surface area (Å²) < 4.78 is 5.55. The van der Waals surface area contributed by atoms with Crippen LogP contribution in [0.4, 0.5) is 10.5 Å². The van der Waals surface area contributed by atoms with Crippen LogP contribution in [0.2, 0.25) is 0 Å². The first-order chi connectivity index (χ1) is 13.1. The number of hydrogen-bond donors (Lipinski definition) is 2. The van der Waals surface area contributed by atoms with Crippen molar-refractivity contribution in [3.05, 3.63) is 29.8 Å². The van der Waals surface area contributed by atoms with Crippen LogP contribution in [0.3, 0.4) is 0 Å². The van der Waals surface area contributed by atoms with Gasteiger partial charge in [-0.2, -0.15) is 0 Å². The molecule has 2 aliphatic heterocycles. The molecule has 0 spiro atoms. The smallest absolute Gasteiger partial charge is 0.410 e. The third kappa shape index (κ3) is 4.78. The van der Waals surface area contributed by atoms with Gasteiger partial charge in [0.2, 0.25) is 5.91 Å². The van der Waals surface area contributed by atoms with E-state index in [4.69, 9.17) is 4.74 Å². The Morgan fingerprint density at radius 1 is 1.25 bits per heavy atom. The van der Waals surface area contributed by atoms with Gasteiger partial charge in [-0.25, -0.2) is 4.79 Å². The molecule has 6 nitrogen and oxygen atoms in total. The first-order valence-electron chi connectivity index (χ1n) is 10.3. The van der Waals surface area contributed by atoms with E-state index in [1.54, 1.807) is 0 Å². The summed E-state index contributed by atoms with van der Waals surface area (Å²) in [5.41, 5.74) is 1.59. The van der Waals surface area contributed by atoms with Crippen molar-refractivity contribution in [3.63, 3.8) is 0 Å². The average molecular weight is 388 g/mol. The lowest BCUT2D eigenvalue weighted by molar-refractivity contribution is -0.126. The average Bonchev–Trinajstić information content (AvgIpc) is 3.16. The van der Waals surface area contributed by atoms with Crippen LogP contribution in [0, 0.1) is 5.92 Å². The van der Waals surface area contributed by atoms with Gasteiger partial charge in [0.25, 0.3) is 0 Å². The molecule has 28 heavy (non-hydrogen) atoms. The van der Waals surface area contributed by atoms with Crippen molar-refractivity contribution >= 4 is 17.7 Å². The zero-order chi connectivity index (χ0) is 20.5. The number of rotatable bonds is 5. The van der Waals surface area contributed by atoms with E-state index in [0.717, 1.165) is 30.5 Å². The van der Waals surface area contributed by atoms with Gasteiger partial charge < -0.3 is 20.3 Å². The molecule has 2 fully saturated rings. The van der Waals surface area contributed by atoms with Crippen LogP contribution in [0.25, 0.3) is 0 Å². The molecule has 0 radical (unpaired) electrons.